The lowest BCUT2D eigenvalue weighted by molar-refractivity contribution is -0.169. The summed E-state index contributed by atoms with van der Waals surface area (Å²) in [6.07, 6.45) is -1.62. The number of Topliss-reactive ketones (excluding diaryl/α,β-unsaturated/α-hetero) is 2. The van der Waals surface area contributed by atoms with Crippen LogP contribution in [0.3, 0.4) is 0 Å². The third kappa shape index (κ3) is 3.87. The molecule has 0 bridgehead atoms. The Labute approximate surface area is 218 Å². The standard InChI is InChI=1S/C26H32N2O8S/c1-25(2,3)37-9-11-10-7-6-8-12(29)13(10)19(30)15-14(11)20(31)17-18(28(4)5)21(32)16(24(27)35)23(34)26(17,36)22(15)33/h6-8,11,14,17-18,20,29-31,34,36H,9H2,1-5H3,(H2,27,35)/t11-,14+,17+,18-,20-,26-/m0/s1. The predicted molar refractivity (Wildman–Crippen MR) is 137 cm³/mol. The average Bonchev–Trinajstić information content (AvgIpc) is 2.77. The zero-order valence-corrected chi connectivity index (χ0v) is 22.0. The summed E-state index contributed by atoms with van der Waals surface area (Å²) in [4.78, 5) is 40.8. The third-order valence-electron chi connectivity index (χ3n) is 7.49. The maximum Gasteiger partial charge on any atom is 0.255 e. The summed E-state index contributed by atoms with van der Waals surface area (Å²) in [5, 5.41) is 56.4. The molecule has 0 saturated heterocycles. The number of ketones is 2. The Morgan fingerprint density at radius 3 is 2.32 bits per heavy atom. The maximum atomic E-state index is 14.0. The summed E-state index contributed by atoms with van der Waals surface area (Å²) >= 11 is 1.54. The number of likely N-dealkylation sites (N-methyl/N-ethyl adjacent to an activating group) is 1. The van der Waals surface area contributed by atoms with Gasteiger partial charge in [-0.15, -0.1) is 0 Å². The van der Waals surface area contributed by atoms with Crippen LogP contribution in [0.4, 0.5) is 0 Å². The van der Waals surface area contributed by atoms with E-state index in [1.54, 1.807) is 23.9 Å². The molecule has 7 N–H and O–H groups in total. The quantitative estimate of drug-likeness (QED) is 0.306. The average molecular weight is 533 g/mol. The minimum Gasteiger partial charge on any atom is -0.508 e. The van der Waals surface area contributed by atoms with Gasteiger partial charge in [0.05, 0.1) is 23.6 Å². The number of aromatic hydroxyl groups is 1. The number of carbonyl (C=O) groups excluding carboxylic acids is 3. The molecule has 0 heterocycles. The molecular weight excluding hydrogens is 500 g/mol. The van der Waals surface area contributed by atoms with E-state index in [0.717, 1.165) is 0 Å². The number of primary amides is 1. The highest BCUT2D eigenvalue weighted by atomic mass is 32.2. The molecule has 1 fully saturated rings. The van der Waals surface area contributed by atoms with Crippen molar-refractivity contribution in [2.75, 3.05) is 19.8 Å². The van der Waals surface area contributed by atoms with E-state index in [-0.39, 0.29) is 21.6 Å². The molecule has 0 unspecified atom stereocenters. The minimum absolute atomic E-state index is 0.00880. The van der Waals surface area contributed by atoms with Gasteiger partial charge in [0.2, 0.25) is 5.78 Å². The first kappa shape index (κ1) is 27.2. The van der Waals surface area contributed by atoms with Crippen molar-refractivity contribution >= 4 is 35.0 Å². The summed E-state index contributed by atoms with van der Waals surface area (Å²) < 4.78 is -0.213. The van der Waals surface area contributed by atoms with E-state index in [1.165, 1.54) is 25.1 Å². The fourth-order valence-corrected chi connectivity index (χ4v) is 7.00. The Morgan fingerprint density at radius 1 is 1.16 bits per heavy atom. The molecule has 3 aliphatic carbocycles. The van der Waals surface area contributed by atoms with Crippen LogP contribution in [0.15, 0.2) is 35.1 Å². The first-order chi connectivity index (χ1) is 17.1. The van der Waals surface area contributed by atoms with E-state index in [2.05, 4.69) is 0 Å². The number of nitrogens with zero attached hydrogens (tertiary/aromatic N) is 1. The summed E-state index contributed by atoms with van der Waals surface area (Å²) in [5.74, 6) is -8.53. The Morgan fingerprint density at radius 2 is 1.78 bits per heavy atom. The van der Waals surface area contributed by atoms with Gasteiger partial charge in [-0.1, -0.05) is 32.9 Å². The van der Waals surface area contributed by atoms with Crippen LogP contribution in [-0.2, 0) is 14.4 Å². The largest absolute Gasteiger partial charge is 0.508 e. The lowest BCUT2D eigenvalue weighted by atomic mass is 9.54. The van der Waals surface area contributed by atoms with E-state index < -0.39 is 70.1 Å². The molecule has 0 radical (unpaired) electrons. The van der Waals surface area contributed by atoms with Crippen molar-refractivity contribution in [3.8, 4) is 5.75 Å². The van der Waals surface area contributed by atoms with Gasteiger partial charge in [0.1, 0.15) is 22.8 Å². The lowest BCUT2D eigenvalue weighted by Gasteiger charge is -2.54. The van der Waals surface area contributed by atoms with E-state index in [9.17, 15) is 39.9 Å². The molecule has 200 valence electrons. The summed E-state index contributed by atoms with van der Waals surface area (Å²) in [7, 11) is 2.95. The summed E-state index contributed by atoms with van der Waals surface area (Å²) in [5.41, 5.74) is 1.59. The summed E-state index contributed by atoms with van der Waals surface area (Å²) in [6.45, 7) is 5.99. The smallest absolute Gasteiger partial charge is 0.255 e. The Balaban J connectivity index is 2.03. The highest BCUT2D eigenvalue weighted by molar-refractivity contribution is 8.00. The molecular formula is C26H32N2O8S. The molecule has 37 heavy (non-hydrogen) atoms. The Bertz CT molecular complexity index is 1260. The van der Waals surface area contributed by atoms with Gasteiger partial charge in [-0.3, -0.25) is 19.3 Å². The van der Waals surface area contributed by atoms with Gasteiger partial charge in [-0.25, -0.2) is 0 Å². The molecule has 1 amide bonds. The van der Waals surface area contributed by atoms with Gasteiger partial charge in [-0.2, -0.15) is 11.8 Å². The minimum atomic E-state index is -2.92. The van der Waals surface area contributed by atoms with Crippen molar-refractivity contribution in [2.24, 2.45) is 17.6 Å². The number of thioether (sulfide) groups is 1. The third-order valence-corrected chi connectivity index (χ3v) is 8.89. The number of phenolic OH excluding ortho intramolecular Hbond substituents is 1. The predicted octanol–water partition coefficient (Wildman–Crippen LogP) is 1.01. The van der Waals surface area contributed by atoms with Crippen molar-refractivity contribution in [2.45, 2.75) is 49.2 Å². The van der Waals surface area contributed by atoms with E-state index in [4.69, 9.17) is 5.73 Å². The van der Waals surface area contributed by atoms with Crippen LogP contribution in [0.5, 0.6) is 5.75 Å². The van der Waals surface area contributed by atoms with Crippen LogP contribution in [-0.4, -0.2) is 90.2 Å². The van der Waals surface area contributed by atoms with Gasteiger partial charge in [0.15, 0.2) is 11.4 Å². The van der Waals surface area contributed by atoms with Gasteiger partial charge in [0, 0.05) is 27.9 Å². The topological polar surface area (TPSA) is 182 Å². The van der Waals surface area contributed by atoms with E-state index in [0.29, 0.717) is 11.3 Å². The molecule has 0 aromatic heterocycles. The van der Waals surface area contributed by atoms with Crippen molar-refractivity contribution in [1.82, 2.24) is 4.90 Å². The number of nitrogens with two attached hydrogens (primary N) is 1. The number of aliphatic hydroxyl groups excluding tert-OH is 3. The number of carbonyl (C=O) groups is 3. The van der Waals surface area contributed by atoms with Crippen LogP contribution in [0.1, 0.15) is 37.8 Å². The first-order valence-electron chi connectivity index (χ1n) is 11.8. The number of amides is 1. The number of aliphatic hydroxyl groups is 4. The first-order valence-corrected chi connectivity index (χ1v) is 12.8. The van der Waals surface area contributed by atoms with Gasteiger partial charge >= 0.3 is 0 Å². The number of hydrogen-bond acceptors (Lipinski definition) is 10. The molecule has 6 atom stereocenters. The fourth-order valence-electron chi connectivity index (χ4n) is 5.93. The highest BCUT2D eigenvalue weighted by Crippen LogP contribution is 2.57. The summed E-state index contributed by atoms with van der Waals surface area (Å²) in [6, 6.07) is 3.24. The van der Waals surface area contributed by atoms with Crippen LogP contribution in [0.25, 0.3) is 5.76 Å². The highest BCUT2D eigenvalue weighted by Gasteiger charge is 2.68. The van der Waals surface area contributed by atoms with Gasteiger partial charge in [0.25, 0.3) is 5.91 Å². The molecule has 0 aliphatic heterocycles. The second-order valence-electron chi connectivity index (χ2n) is 11.0. The number of hydrogen-bond donors (Lipinski definition) is 6. The van der Waals surface area contributed by atoms with Crippen molar-refractivity contribution in [3.63, 3.8) is 0 Å². The van der Waals surface area contributed by atoms with Crippen LogP contribution >= 0.6 is 11.8 Å². The molecule has 10 nitrogen and oxygen atoms in total. The second-order valence-corrected chi connectivity index (χ2v) is 12.9. The number of phenols is 1. The molecule has 1 saturated carbocycles. The number of benzene rings is 1. The van der Waals surface area contributed by atoms with Gasteiger partial charge < -0.3 is 31.3 Å². The van der Waals surface area contributed by atoms with E-state index >= 15 is 0 Å². The zero-order chi connectivity index (χ0) is 27.8. The monoisotopic (exact) mass is 532 g/mol. The number of rotatable bonds is 4. The Kier molecular flexibility index (Phi) is 6.51. The van der Waals surface area contributed by atoms with Crippen molar-refractivity contribution in [1.29, 1.82) is 0 Å². The molecule has 11 heteroatoms. The number of fused-ring (bicyclic) bond motifs is 3. The molecule has 1 aromatic rings. The van der Waals surface area contributed by atoms with Crippen molar-refractivity contribution < 1.29 is 39.9 Å². The molecule has 4 rings (SSSR count). The van der Waals surface area contributed by atoms with Crippen LogP contribution in [0, 0.1) is 11.8 Å². The van der Waals surface area contributed by atoms with Gasteiger partial charge in [-0.05, 0) is 25.7 Å². The SMILES string of the molecule is CN(C)[C@@H]1C(=O)C(C(N)=O)=C(O)[C@@]2(O)C(=O)C3=C(O)c4c(O)cccc4[C@H](CSC(C)(C)C)[C@H]3[C@H](O)[C@@H]12. The maximum absolute atomic E-state index is 14.0. The normalized spacial score (nSPS) is 31.8. The van der Waals surface area contributed by atoms with Crippen LogP contribution in [0.2, 0.25) is 0 Å². The zero-order valence-electron chi connectivity index (χ0n) is 21.2. The fraction of sp³-hybridized carbons (Fsp3) is 0.500. The molecule has 0 spiro atoms. The van der Waals surface area contributed by atoms with Crippen LogP contribution < -0.4 is 5.73 Å². The second kappa shape index (κ2) is 8.87. The lowest BCUT2D eigenvalue weighted by Crippen LogP contribution is -2.70. The molecule has 3 aliphatic rings. The van der Waals surface area contributed by atoms with Crippen molar-refractivity contribution in [3.05, 3.63) is 46.2 Å². The Hall–Kier alpha value is -2.86. The van der Waals surface area contributed by atoms with E-state index in [1.807, 2.05) is 20.8 Å². The molecule has 1 aromatic carbocycles.